The molecule has 0 spiro atoms. The Hall–Kier alpha value is -2.85. The average Bonchev–Trinajstić information content (AvgIpc) is 3.38. The molecular formula is C25H26Cl2N2O6S. The molecule has 0 saturated carbocycles. The second-order valence-corrected chi connectivity index (χ2v) is 10.6. The van der Waals surface area contributed by atoms with E-state index in [0.29, 0.717) is 22.4 Å². The van der Waals surface area contributed by atoms with Crippen LogP contribution in [0, 0.1) is 0 Å². The molecule has 0 fully saturated rings. The van der Waals surface area contributed by atoms with Crippen molar-refractivity contribution in [1.82, 2.24) is 10.0 Å². The maximum absolute atomic E-state index is 12.4. The van der Waals surface area contributed by atoms with Gasteiger partial charge < -0.3 is 14.5 Å². The van der Waals surface area contributed by atoms with E-state index in [1.807, 2.05) is 13.0 Å². The molecule has 0 aliphatic heterocycles. The van der Waals surface area contributed by atoms with Gasteiger partial charge in [-0.25, -0.2) is 17.9 Å². The van der Waals surface area contributed by atoms with E-state index < -0.39 is 28.5 Å². The molecule has 0 radical (unpaired) electrons. The Balaban J connectivity index is 1.50. The number of furan rings is 1. The molecule has 2 aromatic carbocycles. The van der Waals surface area contributed by atoms with E-state index in [2.05, 4.69) is 10.0 Å². The first kappa shape index (κ1) is 27.7. The van der Waals surface area contributed by atoms with Crippen molar-refractivity contribution in [3.05, 3.63) is 87.8 Å². The van der Waals surface area contributed by atoms with Crippen LogP contribution in [0.5, 0.6) is 0 Å². The van der Waals surface area contributed by atoms with Gasteiger partial charge in [0.05, 0.1) is 23.3 Å². The van der Waals surface area contributed by atoms with Gasteiger partial charge in [-0.05, 0) is 60.5 Å². The molecule has 36 heavy (non-hydrogen) atoms. The van der Waals surface area contributed by atoms with E-state index in [9.17, 15) is 18.0 Å². The first-order valence-corrected chi connectivity index (χ1v) is 13.4. The number of ether oxygens (including phenoxy) is 1. The number of hydrogen-bond donors (Lipinski definition) is 2. The number of rotatable bonds is 12. The third-order valence-electron chi connectivity index (χ3n) is 5.34. The summed E-state index contributed by atoms with van der Waals surface area (Å²) in [6.45, 7) is 1.88. The summed E-state index contributed by atoms with van der Waals surface area (Å²) in [5.41, 5.74) is 0.999. The zero-order valence-electron chi connectivity index (χ0n) is 19.5. The van der Waals surface area contributed by atoms with Crippen LogP contribution in [0.3, 0.4) is 0 Å². The minimum absolute atomic E-state index is 0.00241. The highest BCUT2D eigenvalue weighted by molar-refractivity contribution is 7.89. The monoisotopic (exact) mass is 552 g/mol. The summed E-state index contributed by atoms with van der Waals surface area (Å²) in [5.74, 6) is -0.760. The van der Waals surface area contributed by atoms with Crippen molar-refractivity contribution in [2.24, 2.45) is 0 Å². The SMILES string of the molecule is CCC[C@@H](CNC(=O)COC(=O)c1ccc(S(=O)(=O)NCc2ccco2)cc1)c1ccc(Cl)cc1Cl. The molecule has 1 amide bonds. The highest BCUT2D eigenvalue weighted by Crippen LogP contribution is 2.30. The fraction of sp³-hybridized carbons (Fsp3) is 0.280. The van der Waals surface area contributed by atoms with E-state index in [0.717, 1.165) is 18.4 Å². The lowest BCUT2D eigenvalue weighted by Gasteiger charge is -2.19. The van der Waals surface area contributed by atoms with Gasteiger partial charge in [0.15, 0.2) is 6.61 Å². The number of halogens is 2. The molecule has 1 heterocycles. The van der Waals surface area contributed by atoms with Gasteiger partial charge in [-0.2, -0.15) is 0 Å². The van der Waals surface area contributed by atoms with Gasteiger partial charge in [-0.3, -0.25) is 4.79 Å². The van der Waals surface area contributed by atoms with E-state index in [1.54, 1.807) is 24.3 Å². The summed E-state index contributed by atoms with van der Waals surface area (Å²) < 4.78 is 37.4. The lowest BCUT2D eigenvalue weighted by Crippen LogP contribution is -2.32. The van der Waals surface area contributed by atoms with Crippen LogP contribution in [0.2, 0.25) is 10.0 Å². The van der Waals surface area contributed by atoms with Crippen molar-refractivity contribution in [2.45, 2.75) is 37.1 Å². The van der Waals surface area contributed by atoms with Crippen molar-refractivity contribution in [3.8, 4) is 0 Å². The summed E-state index contributed by atoms with van der Waals surface area (Å²) in [6.07, 6.45) is 3.13. The van der Waals surface area contributed by atoms with Crippen molar-refractivity contribution >= 4 is 45.1 Å². The molecule has 0 aliphatic carbocycles. The normalized spacial score (nSPS) is 12.2. The Labute approximate surface area is 220 Å². The Morgan fingerprint density at radius 1 is 1.08 bits per heavy atom. The van der Waals surface area contributed by atoms with Crippen molar-refractivity contribution in [2.75, 3.05) is 13.2 Å². The standard InChI is InChI=1S/C25H26Cl2N2O6S/c1-2-4-18(22-11-8-19(26)13-23(22)27)14-28-24(30)16-35-25(31)17-6-9-21(10-7-17)36(32,33)29-15-20-5-3-12-34-20/h3,5-13,18,29H,2,4,14-16H2,1H3,(H,28,30)/t18-/m0/s1. The summed E-state index contributed by atoms with van der Waals surface area (Å²) >= 11 is 12.3. The molecule has 0 unspecified atom stereocenters. The lowest BCUT2D eigenvalue weighted by atomic mass is 9.94. The van der Waals surface area contributed by atoms with Crippen molar-refractivity contribution < 1.29 is 27.2 Å². The largest absolute Gasteiger partial charge is 0.468 e. The number of carbonyl (C=O) groups excluding carboxylic acids is 2. The average molecular weight is 553 g/mol. The lowest BCUT2D eigenvalue weighted by molar-refractivity contribution is -0.124. The Kier molecular flexibility index (Phi) is 9.95. The molecule has 11 heteroatoms. The van der Waals surface area contributed by atoms with Gasteiger partial charge in [0.1, 0.15) is 5.76 Å². The zero-order valence-corrected chi connectivity index (χ0v) is 21.8. The second kappa shape index (κ2) is 12.9. The predicted octanol–water partition coefficient (Wildman–Crippen LogP) is 4.92. The third-order valence-corrected chi connectivity index (χ3v) is 7.32. The van der Waals surface area contributed by atoms with Crippen LogP contribution in [0.4, 0.5) is 0 Å². The van der Waals surface area contributed by atoms with Gasteiger partial charge in [-0.1, -0.05) is 42.6 Å². The van der Waals surface area contributed by atoms with Crippen LogP contribution in [-0.4, -0.2) is 33.4 Å². The van der Waals surface area contributed by atoms with Gasteiger partial charge in [0, 0.05) is 22.5 Å². The van der Waals surface area contributed by atoms with Gasteiger partial charge in [0.2, 0.25) is 10.0 Å². The van der Waals surface area contributed by atoms with Crippen LogP contribution in [0.25, 0.3) is 0 Å². The number of sulfonamides is 1. The maximum Gasteiger partial charge on any atom is 0.338 e. The zero-order chi connectivity index (χ0) is 26.1. The first-order valence-electron chi connectivity index (χ1n) is 11.2. The Morgan fingerprint density at radius 3 is 2.47 bits per heavy atom. The number of hydrogen-bond acceptors (Lipinski definition) is 6. The molecule has 1 aromatic heterocycles. The van der Waals surface area contributed by atoms with Crippen LogP contribution in [0.1, 0.15) is 47.4 Å². The number of nitrogens with one attached hydrogen (secondary N) is 2. The molecule has 0 aliphatic rings. The minimum atomic E-state index is -3.80. The molecule has 3 rings (SSSR count). The molecule has 192 valence electrons. The van der Waals surface area contributed by atoms with Crippen molar-refractivity contribution in [3.63, 3.8) is 0 Å². The maximum atomic E-state index is 12.4. The van der Waals surface area contributed by atoms with Gasteiger partial charge >= 0.3 is 5.97 Å². The van der Waals surface area contributed by atoms with Gasteiger partial charge in [0.25, 0.3) is 5.91 Å². The smallest absolute Gasteiger partial charge is 0.338 e. The first-order chi connectivity index (χ1) is 17.2. The molecule has 1 atom stereocenters. The number of carbonyl (C=O) groups is 2. The van der Waals surface area contributed by atoms with E-state index in [4.69, 9.17) is 32.4 Å². The summed E-state index contributed by atoms with van der Waals surface area (Å²) in [4.78, 5) is 24.6. The van der Waals surface area contributed by atoms with E-state index in [-0.39, 0.29) is 22.9 Å². The van der Waals surface area contributed by atoms with Crippen LogP contribution >= 0.6 is 23.2 Å². The second-order valence-electron chi connectivity index (χ2n) is 7.96. The van der Waals surface area contributed by atoms with Gasteiger partial charge in [-0.15, -0.1) is 0 Å². The number of esters is 1. The summed E-state index contributed by atoms with van der Waals surface area (Å²) in [6, 6.07) is 13.8. The molecule has 0 bridgehead atoms. The van der Waals surface area contributed by atoms with E-state index >= 15 is 0 Å². The topological polar surface area (TPSA) is 115 Å². The molecular weight excluding hydrogens is 527 g/mol. The quantitative estimate of drug-likeness (QED) is 0.308. The Bertz CT molecular complexity index is 1280. The highest BCUT2D eigenvalue weighted by Gasteiger charge is 2.18. The number of amides is 1. The molecule has 8 nitrogen and oxygen atoms in total. The molecule has 2 N–H and O–H groups in total. The Morgan fingerprint density at radius 2 is 1.83 bits per heavy atom. The fourth-order valence-electron chi connectivity index (χ4n) is 3.48. The minimum Gasteiger partial charge on any atom is -0.468 e. The predicted molar refractivity (Wildman–Crippen MR) is 137 cm³/mol. The molecule has 0 saturated heterocycles. The highest BCUT2D eigenvalue weighted by atomic mass is 35.5. The number of benzene rings is 2. The summed E-state index contributed by atoms with van der Waals surface area (Å²) in [5, 5.41) is 3.83. The van der Waals surface area contributed by atoms with E-state index in [1.165, 1.54) is 30.5 Å². The van der Waals surface area contributed by atoms with Crippen LogP contribution < -0.4 is 10.0 Å². The summed E-state index contributed by atoms with van der Waals surface area (Å²) in [7, 11) is -3.80. The van der Waals surface area contributed by atoms with Crippen LogP contribution in [0.15, 0.2) is 70.2 Å². The third kappa shape index (κ3) is 7.83. The fourth-order valence-corrected chi connectivity index (χ4v) is 5.04. The van der Waals surface area contributed by atoms with Crippen LogP contribution in [-0.2, 0) is 26.1 Å². The van der Waals surface area contributed by atoms with Crippen molar-refractivity contribution in [1.29, 1.82) is 0 Å². The molecule has 3 aromatic rings.